The molecule has 2 heteroatoms. The van der Waals surface area contributed by atoms with Crippen molar-refractivity contribution in [1.29, 1.82) is 0 Å². The van der Waals surface area contributed by atoms with Crippen molar-refractivity contribution in [3.63, 3.8) is 0 Å². The van der Waals surface area contributed by atoms with Gasteiger partial charge in [-0.3, -0.25) is 0 Å². The molecule has 0 N–H and O–H groups in total. The average molecular weight is 297 g/mol. The molecule has 116 valence electrons. The maximum atomic E-state index is 6.53. The summed E-state index contributed by atoms with van der Waals surface area (Å²) < 4.78 is 6.53. The minimum atomic E-state index is 0.360. The molecule has 0 aromatic heterocycles. The van der Waals surface area contributed by atoms with E-state index < -0.39 is 0 Å². The Balaban J connectivity index is 2.21. The van der Waals surface area contributed by atoms with Gasteiger partial charge >= 0.3 is 0 Å². The van der Waals surface area contributed by atoms with E-state index in [0.717, 1.165) is 5.92 Å². The van der Waals surface area contributed by atoms with E-state index in [1.165, 1.54) is 31.4 Å². The Morgan fingerprint density at radius 1 is 1.30 bits per heavy atom. The molecule has 1 nitrogen and oxygen atoms in total. The van der Waals surface area contributed by atoms with Gasteiger partial charge in [-0.25, -0.2) is 0 Å². The van der Waals surface area contributed by atoms with Crippen molar-refractivity contribution in [1.82, 2.24) is 0 Å². The van der Waals surface area contributed by atoms with Crippen LogP contribution in [0.1, 0.15) is 60.3 Å². The highest BCUT2D eigenvalue weighted by Crippen LogP contribution is 2.58. The molecule has 2 aliphatic rings. The first-order chi connectivity index (χ1) is 9.50. The predicted octanol–water partition coefficient (Wildman–Crippen LogP) is 5.51. The van der Waals surface area contributed by atoms with Gasteiger partial charge in [-0.2, -0.15) is 0 Å². The summed E-state index contributed by atoms with van der Waals surface area (Å²) in [5.41, 5.74) is 0.817. The molecule has 1 spiro atoms. The van der Waals surface area contributed by atoms with E-state index in [0.29, 0.717) is 28.8 Å². The molecule has 1 saturated carbocycles. The Morgan fingerprint density at radius 3 is 2.55 bits per heavy atom. The highest BCUT2D eigenvalue weighted by Gasteiger charge is 2.51. The number of allylic oxidation sites excluding steroid dienone is 2. The second-order valence-electron chi connectivity index (χ2n) is 7.16. The first-order valence-electron chi connectivity index (χ1n) is 8.45. The van der Waals surface area contributed by atoms with Crippen LogP contribution in [0.4, 0.5) is 0 Å². The van der Waals surface area contributed by atoms with Crippen molar-refractivity contribution in [3.05, 3.63) is 12.2 Å². The molecular weight excluding hydrogens is 264 g/mol. The first kappa shape index (κ1) is 16.4. The molecule has 20 heavy (non-hydrogen) atoms. The molecule has 0 radical (unpaired) electrons. The van der Waals surface area contributed by atoms with Crippen LogP contribution >= 0.6 is 11.8 Å². The van der Waals surface area contributed by atoms with Gasteiger partial charge < -0.3 is 4.74 Å². The van der Waals surface area contributed by atoms with Gasteiger partial charge in [-0.1, -0.05) is 46.3 Å². The zero-order valence-corrected chi connectivity index (χ0v) is 14.7. The summed E-state index contributed by atoms with van der Waals surface area (Å²) in [6, 6.07) is 0. The van der Waals surface area contributed by atoms with E-state index in [4.69, 9.17) is 4.74 Å². The summed E-state index contributed by atoms with van der Waals surface area (Å²) in [7, 11) is 0. The molecule has 0 amide bonds. The minimum absolute atomic E-state index is 0.360. The van der Waals surface area contributed by atoms with Crippen molar-refractivity contribution in [2.75, 3.05) is 5.75 Å². The number of rotatable bonds is 3. The van der Waals surface area contributed by atoms with E-state index in [1.54, 1.807) is 0 Å². The zero-order chi connectivity index (χ0) is 14.8. The fraction of sp³-hybridized carbons (Fsp3) is 0.889. The second kappa shape index (κ2) is 6.87. The van der Waals surface area contributed by atoms with E-state index in [2.05, 4.69) is 46.8 Å². The standard InChI is InChI=1S/C18H32OS/c1-6-14(4)16-15(5)19-17(13(2)3)20-12-8-7-9-18(16)10-11-18/h7,9,13-17H,6,8,10-12H2,1-5H3/b9-7-. The molecule has 2 rings (SSSR count). The lowest BCUT2D eigenvalue weighted by Gasteiger charge is -2.38. The molecule has 0 bridgehead atoms. The highest BCUT2D eigenvalue weighted by atomic mass is 32.2. The third-order valence-electron chi connectivity index (χ3n) is 5.16. The SMILES string of the molecule is CCC(C)C1C(C)OC(C(C)C)SCC/C=C\C12CC2. The Labute approximate surface area is 129 Å². The van der Waals surface area contributed by atoms with Crippen LogP contribution in [0.3, 0.4) is 0 Å². The molecule has 0 saturated heterocycles. The lowest BCUT2D eigenvalue weighted by atomic mass is 9.75. The number of hydrogen-bond acceptors (Lipinski definition) is 2. The third kappa shape index (κ3) is 3.62. The van der Waals surface area contributed by atoms with Crippen LogP contribution in [0.5, 0.6) is 0 Å². The lowest BCUT2D eigenvalue weighted by molar-refractivity contribution is -0.0405. The van der Waals surface area contributed by atoms with Crippen LogP contribution < -0.4 is 0 Å². The van der Waals surface area contributed by atoms with Crippen LogP contribution in [-0.2, 0) is 4.74 Å². The summed E-state index contributed by atoms with van der Waals surface area (Å²) >= 11 is 2.00. The smallest absolute Gasteiger partial charge is 0.105 e. The number of thioether (sulfide) groups is 1. The van der Waals surface area contributed by atoms with Crippen LogP contribution in [0, 0.1) is 23.2 Å². The molecule has 0 aromatic rings. The van der Waals surface area contributed by atoms with Gasteiger partial charge in [0.25, 0.3) is 0 Å². The Morgan fingerprint density at radius 2 is 2.00 bits per heavy atom. The van der Waals surface area contributed by atoms with Gasteiger partial charge in [0, 0.05) is 0 Å². The second-order valence-corrected chi connectivity index (χ2v) is 8.37. The monoisotopic (exact) mass is 296 g/mol. The molecular formula is C18H32OS. The predicted molar refractivity (Wildman–Crippen MR) is 90.0 cm³/mol. The van der Waals surface area contributed by atoms with Gasteiger partial charge in [0.15, 0.2) is 0 Å². The van der Waals surface area contributed by atoms with Gasteiger partial charge in [0.05, 0.1) is 6.10 Å². The maximum Gasteiger partial charge on any atom is 0.105 e. The number of ether oxygens (including phenoxy) is 1. The minimum Gasteiger partial charge on any atom is -0.364 e. The zero-order valence-electron chi connectivity index (χ0n) is 13.9. The van der Waals surface area contributed by atoms with E-state index in [1.807, 2.05) is 11.8 Å². The van der Waals surface area contributed by atoms with E-state index >= 15 is 0 Å². The van der Waals surface area contributed by atoms with Crippen LogP contribution in [0.25, 0.3) is 0 Å². The molecule has 1 aliphatic heterocycles. The van der Waals surface area contributed by atoms with Crippen molar-refractivity contribution < 1.29 is 4.74 Å². The quantitative estimate of drug-likeness (QED) is 0.635. The summed E-state index contributed by atoms with van der Waals surface area (Å²) in [5, 5.41) is 0. The number of hydrogen-bond donors (Lipinski definition) is 0. The summed E-state index contributed by atoms with van der Waals surface area (Å²) in [6.45, 7) is 11.6. The molecule has 4 atom stereocenters. The summed E-state index contributed by atoms with van der Waals surface area (Å²) in [4.78, 5) is 0. The summed E-state index contributed by atoms with van der Waals surface area (Å²) in [5.74, 6) is 3.22. The topological polar surface area (TPSA) is 9.23 Å². The van der Waals surface area contributed by atoms with E-state index in [9.17, 15) is 0 Å². The molecule has 1 aliphatic carbocycles. The fourth-order valence-electron chi connectivity index (χ4n) is 3.76. The van der Waals surface area contributed by atoms with Crippen molar-refractivity contribution in [2.45, 2.75) is 71.8 Å². The Hall–Kier alpha value is 0.0500. The average Bonchev–Trinajstić information content (AvgIpc) is 3.17. The van der Waals surface area contributed by atoms with Gasteiger partial charge in [0.1, 0.15) is 5.44 Å². The normalized spacial score (nSPS) is 36.8. The first-order valence-corrected chi connectivity index (χ1v) is 9.50. The van der Waals surface area contributed by atoms with E-state index in [-0.39, 0.29) is 0 Å². The van der Waals surface area contributed by atoms with Crippen molar-refractivity contribution in [2.24, 2.45) is 23.2 Å². The van der Waals surface area contributed by atoms with Crippen LogP contribution in [0.2, 0.25) is 0 Å². The molecule has 1 fully saturated rings. The lowest BCUT2D eigenvalue weighted by Crippen LogP contribution is -2.37. The highest BCUT2D eigenvalue weighted by molar-refractivity contribution is 7.99. The largest absolute Gasteiger partial charge is 0.364 e. The third-order valence-corrected chi connectivity index (χ3v) is 6.62. The molecule has 4 unspecified atom stereocenters. The van der Waals surface area contributed by atoms with Crippen LogP contribution in [0.15, 0.2) is 12.2 Å². The molecule has 0 aromatic carbocycles. The maximum absolute atomic E-state index is 6.53. The van der Waals surface area contributed by atoms with Crippen molar-refractivity contribution in [3.8, 4) is 0 Å². The Bertz CT molecular complexity index is 332. The van der Waals surface area contributed by atoms with Crippen LogP contribution in [-0.4, -0.2) is 17.3 Å². The Kier molecular flexibility index (Phi) is 5.64. The molecule has 1 heterocycles. The summed E-state index contributed by atoms with van der Waals surface area (Å²) in [6.07, 6.45) is 10.5. The van der Waals surface area contributed by atoms with Gasteiger partial charge in [0.2, 0.25) is 0 Å². The fourth-order valence-corrected chi connectivity index (χ4v) is 4.90. The van der Waals surface area contributed by atoms with Crippen molar-refractivity contribution >= 4 is 11.8 Å². The van der Waals surface area contributed by atoms with Gasteiger partial charge in [-0.15, -0.1) is 11.8 Å². The van der Waals surface area contributed by atoms with Gasteiger partial charge in [-0.05, 0) is 55.1 Å².